The van der Waals surface area contributed by atoms with Crippen LogP contribution < -0.4 is 10.1 Å². The van der Waals surface area contributed by atoms with Crippen LogP contribution in [-0.4, -0.2) is 43.6 Å². The number of carbonyl (C=O) groups excluding carboxylic acids is 1. The largest absolute Gasteiger partial charge is 0.492 e. The quantitative estimate of drug-likeness (QED) is 0.807. The molecule has 20 heavy (non-hydrogen) atoms. The highest BCUT2D eigenvalue weighted by Gasteiger charge is 2.17. The maximum Gasteiger partial charge on any atom is 0.234 e. The Morgan fingerprint density at radius 1 is 1.30 bits per heavy atom. The number of amides is 1. The van der Waals surface area contributed by atoms with Gasteiger partial charge in [0.15, 0.2) is 0 Å². The number of hydrogen-bond donors (Lipinski definition) is 1. The molecule has 0 aliphatic carbocycles. The highest BCUT2D eigenvalue weighted by atomic mass is 16.5. The number of ether oxygens (including phenoxy) is 1. The van der Waals surface area contributed by atoms with E-state index in [1.807, 2.05) is 30.3 Å². The molecule has 2 rings (SSSR count). The van der Waals surface area contributed by atoms with Gasteiger partial charge < -0.3 is 10.1 Å². The van der Waals surface area contributed by atoms with Crippen molar-refractivity contribution >= 4 is 5.91 Å². The Morgan fingerprint density at radius 2 is 2.00 bits per heavy atom. The fraction of sp³-hybridized carbons (Fsp3) is 0.562. The first-order valence-electron chi connectivity index (χ1n) is 7.41. The standard InChI is InChI=1S/C16H24N2O2/c1-14-7-10-18(11-8-14)13-16(19)17-9-12-20-15-5-3-2-4-6-15/h2-6,14H,7-13H2,1H3,(H,17,19). The number of likely N-dealkylation sites (tertiary alicyclic amines) is 1. The topological polar surface area (TPSA) is 41.6 Å². The smallest absolute Gasteiger partial charge is 0.234 e. The van der Waals surface area contributed by atoms with Crippen molar-refractivity contribution in [2.45, 2.75) is 19.8 Å². The molecule has 1 fully saturated rings. The van der Waals surface area contributed by atoms with Gasteiger partial charge in [-0.05, 0) is 44.0 Å². The van der Waals surface area contributed by atoms with Crippen molar-refractivity contribution < 1.29 is 9.53 Å². The summed E-state index contributed by atoms with van der Waals surface area (Å²) in [5, 5.41) is 2.91. The zero-order chi connectivity index (χ0) is 14.2. The molecular weight excluding hydrogens is 252 g/mol. The molecule has 110 valence electrons. The highest BCUT2D eigenvalue weighted by molar-refractivity contribution is 5.77. The van der Waals surface area contributed by atoms with E-state index in [9.17, 15) is 4.79 Å². The van der Waals surface area contributed by atoms with E-state index in [0.717, 1.165) is 24.8 Å². The molecule has 0 atom stereocenters. The lowest BCUT2D eigenvalue weighted by atomic mass is 9.99. The van der Waals surface area contributed by atoms with Crippen LogP contribution in [0.15, 0.2) is 30.3 Å². The predicted octanol–water partition coefficient (Wildman–Crippen LogP) is 1.91. The minimum Gasteiger partial charge on any atom is -0.492 e. The monoisotopic (exact) mass is 276 g/mol. The van der Waals surface area contributed by atoms with Crippen LogP contribution in [-0.2, 0) is 4.79 Å². The average Bonchev–Trinajstić information content (AvgIpc) is 2.47. The van der Waals surface area contributed by atoms with Crippen molar-refractivity contribution in [1.29, 1.82) is 0 Å². The number of hydrogen-bond acceptors (Lipinski definition) is 3. The molecule has 1 amide bonds. The molecule has 1 aliphatic heterocycles. The van der Waals surface area contributed by atoms with Gasteiger partial charge in [0.05, 0.1) is 13.1 Å². The van der Waals surface area contributed by atoms with Crippen molar-refractivity contribution in [3.8, 4) is 5.75 Å². The second-order valence-corrected chi connectivity index (χ2v) is 5.47. The number of carbonyl (C=O) groups is 1. The Morgan fingerprint density at radius 3 is 2.70 bits per heavy atom. The van der Waals surface area contributed by atoms with E-state index in [0.29, 0.717) is 19.7 Å². The van der Waals surface area contributed by atoms with Gasteiger partial charge in [-0.3, -0.25) is 9.69 Å². The first-order valence-corrected chi connectivity index (χ1v) is 7.41. The van der Waals surface area contributed by atoms with Gasteiger partial charge in [-0.15, -0.1) is 0 Å². The van der Waals surface area contributed by atoms with Crippen molar-refractivity contribution in [3.05, 3.63) is 30.3 Å². The molecule has 1 aromatic carbocycles. The molecule has 0 aromatic heterocycles. The van der Waals surface area contributed by atoms with Crippen molar-refractivity contribution in [2.24, 2.45) is 5.92 Å². The van der Waals surface area contributed by atoms with Gasteiger partial charge in [0, 0.05) is 0 Å². The van der Waals surface area contributed by atoms with E-state index in [2.05, 4.69) is 17.1 Å². The Bertz CT molecular complexity index is 400. The Balaban J connectivity index is 1.56. The van der Waals surface area contributed by atoms with Gasteiger partial charge in [0.2, 0.25) is 5.91 Å². The van der Waals surface area contributed by atoms with Crippen molar-refractivity contribution in [2.75, 3.05) is 32.8 Å². The number of piperidine rings is 1. The molecule has 0 spiro atoms. The number of rotatable bonds is 6. The lowest BCUT2D eigenvalue weighted by Gasteiger charge is -2.29. The predicted molar refractivity (Wildman–Crippen MR) is 79.8 cm³/mol. The van der Waals surface area contributed by atoms with Crippen LogP contribution in [0.4, 0.5) is 0 Å². The summed E-state index contributed by atoms with van der Waals surface area (Å²) in [5.41, 5.74) is 0. The summed E-state index contributed by atoms with van der Waals surface area (Å²) >= 11 is 0. The first kappa shape index (κ1) is 14.9. The number of nitrogens with one attached hydrogen (secondary N) is 1. The Labute approximate surface area is 121 Å². The summed E-state index contributed by atoms with van der Waals surface area (Å²) in [5.74, 6) is 1.73. The van der Waals surface area contributed by atoms with Gasteiger partial charge in [-0.2, -0.15) is 0 Å². The van der Waals surface area contributed by atoms with Gasteiger partial charge in [-0.1, -0.05) is 25.1 Å². The van der Waals surface area contributed by atoms with Crippen molar-refractivity contribution in [3.63, 3.8) is 0 Å². The van der Waals surface area contributed by atoms with Gasteiger partial charge >= 0.3 is 0 Å². The maximum absolute atomic E-state index is 11.8. The third-order valence-corrected chi connectivity index (χ3v) is 3.68. The Hall–Kier alpha value is -1.55. The molecule has 1 aromatic rings. The molecule has 1 saturated heterocycles. The molecule has 4 nitrogen and oxygen atoms in total. The second kappa shape index (κ2) is 7.90. The molecule has 1 aliphatic rings. The van der Waals surface area contributed by atoms with Crippen LogP contribution in [0.3, 0.4) is 0 Å². The Kier molecular flexibility index (Phi) is 5.87. The summed E-state index contributed by atoms with van der Waals surface area (Å²) < 4.78 is 5.53. The molecular formula is C16H24N2O2. The first-order chi connectivity index (χ1) is 9.74. The molecule has 0 radical (unpaired) electrons. The van der Waals surface area contributed by atoms with E-state index >= 15 is 0 Å². The van der Waals surface area contributed by atoms with Crippen LogP contribution in [0.5, 0.6) is 5.75 Å². The zero-order valence-electron chi connectivity index (χ0n) is 12.2. The molecule has 0 bridgehead atoms. The molecule has 1 N–H and O–H groups in total. The third-order valence-electron chi connectivity index (χ3n) is 3.68. The van der Waals surface area contributed by atoms with E-state index in [1.165, 1.54) is 12.8 Å². The second-order valence-electron chi connectivity index (χ2n) is 5.47. The van der Waals surface area contributed by atoms with E-state index in [4.69, 9.17) is 4.74 Å². The summed E-state index contributed by atoms with van der Waals surface area (Å²) in [6, 6.07) is 9.65. The van der Waals surface area contributed by atoms with Crippen LogP contribution in [0.25, 0.3) is 0 Å². The van der Waals surface area contributed by atoms with Crippen LogP contribution >= 0.6 is 0 Å². The van der Waals surface area contributed by atoms with Crippen molar-refractivity contribution in [1.82, 2.24) is 10.2 Å². The summed E-state index contributed by atoms with van der Waals surface area (Å²) in [4.78, 5) is 14.0. The third kappa shape index (κ3) is 5.21. The van der Waals surface area contributed by atoms with Gasteiger partial charge in [0.1, 0.15) is 12.4 Å². The van der Waals surface area contributed by atoms with Crippen LogP contribution in [0, 0.1) is 5.92 Å². The van der Waals surface area contributed by atoms with Gasteiger partial charge in [0.25, 0.3) is 0 Å². The van der Waals surface area contributed by atoms with E-state index < -0.39 is 0 Å². The number of benzene rings is 1. The van der Waals surface area contributed by atoms with E-state index in [-0.39, 0.29) is 5.91 Å². The number of para-hydroxylation sites is 1. The minimum atomic E-state index is 0.0937. The summed E-state index contributed by atoms with van der Waals surface area (Å²) in [6.07, 6.45) is 2.40. The average molecular weight is 276 g/mol. The van der Waals surface area contributed by atoms with Crippen LogP contribution in [0.1, 0.15) is 19.8 Å². The summed E-state index contributed by atoms with van der Waals surface area (Å²) in [7, 11) is 0. The SMILES string of the molecule is CC1CCN(CC(=O)NCCOc2ccccc2)CC1. The fourth-order valence-electron chi connectivity index (χ4n) is 2.36. The molecule has 0 saturated carbocycles. The lowest BCUT2D eigenvalue weighted by molar-refractivity contribution is -0.122. The van der Waals surface area contributed by atoms with E-state index in [1.54, 1.807) is 0 Å². The maximum atomic E-state index is 11.8. The molecule has 4 heteroatoms. The lowest BCUT2D eigenvalue weighted by Crippen LogP contribution is -2.42. The summed E-state index contributed by atoms with van der Waals surface area (Å²) in [6.45, 7) is 5.92. The highest BCUT2D eigenvalue weighted by Crippen LogP contribution is 2.15. The fourth-order valence-corrected chi connectivity index (χ4v) is 2.36. The normalized spacial score (nSPS) is 16.9. The number of nitrogens with zero attached hydrogens (tertiary/aromatic N) is 1. The van der Waals surface area contributed by atoms with Gasteiger partial charge in [-0.25, -0.2) is 0 Å². The molecule has 0 unspecified atom stereocenters. The molecule has 1 heterocycles. The van der Waals surface area contributed by atoms with Crippen LogP contribution in [0.2, 0.25) is 0 Å². The minimum absolute atomic E-state index is 0.0937. The zero-order valence-corrected chi connectivity index (χ0v) is 12.2.